The number of hydrogen-bond acceptors (Lipinski definition) is 6. The topological polar surface area (TPSA) is 81.7 Å². The summed E-state index contributed by atoms with van der Waals surface area (Å²) in [7, 11) is 1.32. The van der Waals surface area contributed by atoms with Gasteiger partial charge in [0.1, 0.15) is 5.00 Å². The normalized spacial score (nSPS) is 12.4. The molecule has 1 N–H and O–H groups in total. The van der Waals surface area contributed by atoms with Gasteiger partial charge in [-0.3, -0.25) is 9.59 Å². The molecule has 27 heavy (non-hydrogen) atoms. The van der Waals surface area contributed by atoms with Gasteiger partial charge in [-0.1, -0.05) is 27.7 Å². The molecule has 0 aliphatic carbocycles. The lowest BCUT2D eigenvalue weighted by Crippen LogP contribution is -2.14. The van der Waals surface area contributed by atoms with Gasteiger partial charge in [0.15, 0.2) is 0 Å². The van der Waals surface area contributed by atoms with Crippen LogP contribution in [-0.4, -0.2) is 31.6 Å². The van der Waals surface area contributed by atoms with E-state index in [0.29, 0.717) is 17.0 Å². The summed E-state index contributed by atoms with van der Waals surface area (Å²) in [6.45, 7) is 10.7. The quantitative estimate of drug-likeness (QED) is 0.608. The number of esters is 2. The summed E-state index contributed by atoms with van der Waals surface area (Å²) in [5, 5.41) is 3.31. The smallest absolute Gasteiger partial charge is 0.341 e. The van der Waals surface area contributed by atoms with Crippen LogP contribution >= 0.6 is 11.3 Å². The third kappa shape index (κ3) is 8.12. The van der Waals surface area contributed by atoms with Crippen LogP contribution in [0.15, 0.2) is 6.07 Å². The van der Waals surface area contributed by atoms with E-state index in [1.54, 1.807) is 6.92 Å². The van der Waals surface area contributed by atoms with Crippen molar-refractivity contribution in [3.05, 3.63) is 16.5 Å². The highest BCUT2D eigenvalue weighted by Crippen LogP contribution is 2.38. The maximum atomic E-state index is 12.3. The van der Waals surface area contributed by atoms with Gasteiger partial charge in [0.2, 0.25) is 5.91 Å². The summed E-state index contributed by atoms with van der Waals surface area (Å²) >= 11 is 1.41. The molecule has 1 rings (SSSR count). The standard InChI is InChI=1S/C20H31NO5S/c1-7-26-19(24)14-11-15(13(2)12-20(3,4)5)27-18(14)21-16(22)9-8-10-17(23)25-6/h11,13H,7-10,12H2,1-6H3,(H,21,22). The Morgan fingerprint density at radius 1 is 1.22 bits per heavy atom. The zero-order chi connectivity index (χ0) is 20.6. The Balaban J connectivity index is 2.90. The van der Waals surface area contributed by atoms with Gasteiger partial charge in [0.05, 0.1) is 19.3 Å². The SMILES string of the molecule is CCOC(=O)c1cc(C(C)CC(C)(C)C)sc1NC(=O)CCCC(=O)OC. The van der Waals surface area contributed by atoms with Crippen LogP contribution in [-0.2, 0) is 19.1 Å². The van der Waals surface area contributed by atoms with Gasteiger partial charge in [-0.2, -0.15) is 0 Å². The summed E-state index contributed by atoms with van der Waals surface area (Å²) in [5.41, 5.74) is 0.545. The summed E-state index contributed by atoms with van der Waals surface area (Å²) in [6, 6.07) is 1.82. The lowest BCUT2D eigenvalue weighted by atomic mass is 9.85. The fourth-order valence-electron chi connectivity index (χ4n) is 2.81. The van der Waals surface area contributed by atoms with Crippen molar-refractivity contribution >= 4 is 34.2 Å². The molecule has 0 aromatic carbocycles. The van der Waals surface area contributed by atoms with E-state index in [9.17, 15) is 14.4 Å². The first-order valence-corrected chi connectivity index (χ1v) is 10.1. The van der Waals surface area contributed by atoms with Crippen LogP contribution in [0.3, 0.4) is 0 Å². The molecule has 1 aromatic rings. The fourth-order valence-corrected chi connectivity index (χ4v) is 3.92. The van der Waals surface area contributed by atoms with Crippen LogP contribution in [0.4, 0.5) is 5.00 Å². The number of thiophene rings is 1. The van der Waals surface area contributed by atoms with Gasteiger partial charge in [-0.05, 0) is 37.2 Å². The molecule has 1 atom stereocenters. The molecule has 1 unspecified atom stereocenters. The first-order valence-electron chi connectivity index (χ1n) is 9.25. The number of amides is 1. The molecule has 0 aliphatic heterocycles. The molecular formula is C20H31NO5S. The van der Waals surface area contributed by atoms with E-state index in [1.165, 1.54) is 18.4 Å². The lowest BCUT2D eigenvalue weighted by molar-refractivity contribution is -0.140. The Kier molecular flexibility index (Phi) is 8.96. The van der Waals surface area contributed by atoms with E-state index >= 15 is 0 Å². The molecular weight excluding hydrogens is 366 g/mol. The minimum atomic E-state index is -0.437. The number of ether oxygens (including phenoxy) is 2. The second-order valence-electron chi connectivity index (χ2n) is 7.76. The van der Waals surface area contributed by atoms with Gasteiger partial charge in [0.25, 0.3) is 0 Å². The molecule has 1 aromatic heterocycles. The van der Waals surface area contributed by atoms with Crippen LogP contribution in [0.25, 0.3) is 0 Å². The van der Waals surface area contributed by atoms with E-state index in [1.807, 2.05) is 6.07 Å². The van der Waals surface area contributed by atoms with Crippen LogP contribution in [0.5, 0.6) is 0 Å². The maximum absolute atomic E-state index is 12.3. The Hall–Kier alpha value is -1.89. The van der Waals surface area contributed by atoms with Crippen molar-refractivity contribution in [2.75, 3.05) is 19.0 Å². The monoisotopic (exact) mass is 397 g/mol. The van der Waals surface area contributed by atoms with Crippen LogP contribution in [0, 0.1) is 5.41 Å². The summed E-state index contributed by atoms with van der Waals surface area (Å²) in [5.74, 6) is -0.758. The van der Waals surface area contributed by atoms with Crippen molar-refractivity contribution in [2.45, 2.75) is 66.2 Å². The summed E-state index contributed by atoms with van der Waals surface area (Å²) < 4.78 is 9.69. The average Bonchev–Trinajstić information content (AvgIpc) is 2.97. The van der Waals surface area contributed by atoms with E-state index in [0.717, 1.165) is 11.3 Å². The Labute approximate surface area is 165 Å². The molecule has 0 radical (unpaired) electrons. The molecule has 0 bridgehead atoms. The minimum absolute atomic E-state index is 0.158. The Morgan fingerprint density at radius 3 is 2.44 bits per heavy atom. The molecule has 0 fully saturated rings. The molecule has 0 saturated heterocycles. The van der Waals surface area contributed by atoms with Gasteiger partial charge in [0, 0.05) is 17.7 Å². The minimum Gasteiger partial charge on any atom is -0.469 e. The number of methoxy groups -OCH3 is 1. The summed E-state index contributed by atoms with van der Waals surface area (Å²) in [6.07, 6.45) is 1.73. The Morgan fingerprint density at radius 2 is 1.89 bits per heavy atom. The van der Waals surface area contributed by atoms with Gasteiger partial charge >= 0.3 is 11.9 Å². The number of carbonyl (C=O) groups is 3. The van der Waals surface area contributed by atoms with E-state index in [-0.39, 0.29) is 42.7 Å². The number of nitrogens with one attached hydrogen (secondary N) is 1. The van der Waals surface area contributed by atoms with Crippen molar-refractivity contribution in [1.29, 1.82) is 0 Å². The highest BCUT2D eigenvalue weighted by atomic mass is 32.1. The van der Waals surface area contributed by atoms with Crippen molar-refractivity contribution in [1.82, 2.24) is 0 Å². The van der Waals surface area contributed by atoms with Crippen LogP contribution in [0.1, 0.15) is 81.5 Å². The van der Waals surface area contributed by atoms with Gasteiger partial charge < -0.3 is 14.8 Å². The molecule has 0 aliphatic rings. The Bertz CT molecular complexity index is 660. The van der Waals surface area contributed by atoms with Crippen LogP contribution < -0.4 is 5.32 Å². The van der Waals surface area contributed by atoms with Gasteiger partial charge in [-0.15, -0.1) is 11.3 Å². The van der Waals surface area contributed by atoms with Crippen molar-refractivity contribution in [3.8, 4) is 0 Å². The fraction of sp³-hybridized carbons (Fsp3) is 0.650. The van der Waals surface area contributed by atoms with Gasteiger partial charge in [-0.25, -0.2) is 4.79 Å². The van der Waals surface area contributed by atoms with Crippen LogP contribution in [0.2, 0.25) is 0 Å². The van der Waals surface area contributed by atoms with E-state index < -0.39 is 5.97 Å². The van der Waals surface area contributed by atoms with E-state index in [2.05, 4.69) is 37.7 Å². The molecule has 152 valence electrons. The molecule has 1 amide bonds. The maximum Gasteiger partial charge on any atom is 0.341 e. The van der Waals surface area contributed by atoms with Crippen molar-refractivity contribution < 1.29 is 23.9 Å². The number of carbonyl (C=O) groups excluding carboxylic acids is 3. The first kappa shape index (κ1) is 23.1. The average molecular weight is 398 g/mol. The summed E-state index contributed by atoms with van der Waals surface area (Å²) in [4.78, 5) is 36.7. The number of anilines is 1. The molecule has 6 nitrogen and oxygen atoms in total. The molecule has 1 heterocycles. The zero-order valence-corrected chi connectivity index (χ0v) is 18.0. The number of rotatable bonds is 9. The molecule has 7 heteroatoms. The largest absolute Gasteiger partial charge is 0.469 e. The third-order valence-corrected chi connectivity index (χ3v) is 5.20. The second-order valence-corrected chi connectivity index (χ2v) is 8.84. The second kappa shape index (κ2) is 10.4. The predicted molar refractivity (Wildman–Crippen MR) is 107 cm³/mol. The third-order valence-electron chi connectivity index (χ3n) is 3.92. The van der Waals surface area contributed by atoms with Crippen molar-refractivity contribution in [3.63, 3.8) is 0 Å². The highest BCUT2D eigenvalue weighted by molar-refractivity contribution is 7.16. The highest BCUT2D eigenvalue weighted by Gasteiger charge is 2.24. The van der Waals surface area contributed by atoms with E-state index in [4.69, 9.17) is 4.74 Å². The molecule has 0 saturated carbocycles. The molecule has 0 spiro atoms. The zero-order valence-electron chi connectivity index (χ0n) is 17.1. The number of hydrogen-bond donors (Lipinski definition) is 1. The lowest BCUT2D eigenvalue weighted by Gasteiger charge is -2.22. The first-order chi connectivity index (χ1) is 12.6. The van der Waals surface area contributed by atoms with Crippen molar-refractivity contribution in [2.24, 2.45) is 5.41 Å². The predicted octanol–water partition coefficient (Wildman–Crippen LogP) is 4.75.